The quantitative estimate of drug-likeness (QED) is 0.899. The zero-order chi connectivity index (χ0) is 15.4. The molecule has 1 saturated heterocycles. The summed E-state index contributed by atoms with van der Waals surface area (Å²) in [5.74, 6) is 0.461. The molecule has 4 heteroatoms. The number of benzene rings is 1. The van der Waals surface area contributed by atoms with Gasteiger partial charge in [-0.15, -0.1) is 0 Å². The van der Waals surface area contributed by atoms with Crippen molar-refractivity contribution in [1.82, 2.24) is 4.90 Å². The van der Waals surface area contributed by atoms with Crippen LogP contribution in [0.2, 0.25) is 0 Å². The normalized spacial score (nSPS) is 28.9. The van der Waals surface area contributed by atoms with Gasteiger partial charge in [0.05, 0.1) is 5.60 Å². The Balaban J connectivity index is 1.45. The molecule has 22 heavy (non-hydrogen) atoms. The third-order valence-electron chi connectivity index (χ3n) is 5.22. The maximum atomic E-state index is 12.0. The number of nitrogens with one attached hydrogen (secondary N) is 1. The monoisotopic (exact) mass is 302 g/mol. The summed E-state index contributed by atoms with van der Waals surface area (Å²) in [6.45, 7) is 2.63. The molecule has 0 radical (unpaired) electrons. The average Bonchev–Trinajstić information content (AvgIpc) is 2.53. The summed E-state index contributed by atoms with van der Waals surface area (Å²) in [4.78, 5) is 14.4. The van der Waals surface area contributed by atoms with Crippen molar-refractivity contribution >= 4 is 11.6 Å². The van der Waals surface area contributed by atoms with Gasteiger partial charge in [0, 0.05) is 37.7 Å². The molecule has 2 atom stereocenters. The molecule has 1 aromatic rings. The van der Waals surface area contributed by atoms with E-state index in [1.165, 1.54) is 6.42 Å². The molecule has 2 aliphatic rings. The van der Waals surface area contributed by atoms with E-state index in [2.05, 4.69) is 10.2 Å². The highest BCUT2D eigenvalue weighted by Gasteiger charge is 2.42. The van der Waals surface area contributed by atoms with E-state index in [0.29, 0.717) is 12.3 Å². The zero-order valence-electron chi connectivity index (χ0n) is 13.1. The van der Waals surface area contributed by atoms with E-state index in [0.717, 1.165) is 51.0 Å². The Morgan fingerprint density at radius 1 is 1.27 bits per heavy atom. The van der Waals surface area contributed by atoms with Crippen LogP contribution in [0.25, 0.3) is 0 Å². The number of hydrogen-bond donors (Lipinski definition) is 2. The summed E-state index contributed by atoms with van der Waals surface area (Å²) in [6, 6.07) is 9.59. The maximum Gasteiger partial charge on any atom is 0.225 e. The molecule has 2 N–H and O–H groups in total. The Hall–Kier alpha value is -1.39. The predicted octanol–water partition coefficient (Wildman–Crippen LogP) is 2.64. The second-order valence-electron chi connectivity index (χ2n) is 6.76. The topological polar surface area (TPSA) is 52.6 Å². The van der Waals surface area contributed by atoms with Gasteiger partial charge in [0.15, 0.2) is 0 Å². The van der Waals surface area contributed by atoms with Crippen LogP contribution in [-0.4, -0.2) is 41.1 Å². The van der Waals surface area contributed by atoms with Gasteiger partial charge in [0.25, 0.3) is 0 Å². The molecule has 120 valence electrons. The number of carbonyl (C=O) groups excluding carboxylic acids is 1. The minimum Gasteiger partial charge on any atom is -0.390 e. The second kappa shape index (κ2) is 6.80. The van der Waals surface area contributed by atoms with Gasteiger partial charge in [0.2, 0.25) is 5.91 Å². The first-order valence-corrected chi connectivity index (χ1v) is 8.45. The van der Waals surface area contributed by atoms with E-state index in [4.69, 9.17) is 0 Å². The molecule has 0 spiro atoms. The van der Waals surface area contributed by atoms with Crippen LogP contribution < -0.4 is 5.32 Å². The van der Waals surface area contributed by atoms with Gasteiger partial charge in [-0.2, -0.15) is 0 Å². The molecule has 0 bridgehead atoms. The van der Waals surface area contributed by atoms with E-state index in [1.807, 2.05) is 30.3 Å². The van der Waals surface area contributed by atoms with Crippen molar-refractivity contribution in [3.63, 3.8) is 0 Å². The van der Waals surface area contributed by atoms with E-state index >= 15 is 0 Å². The van der Waals surface area contributed by atoms with Crippen LogP contribution in [0.3, 0.4) is 0 Å². The molecule has 1 heterocycles. The Morgan fingerprint density at radius 2 is 2.09 bits per heavy atom. The minimum absolute atomic E-state index is 0.0654. The number of carbonyl (C=O) groups is 1. The first kappa shape index (κ1) is 15.5. The van der Waals surface area contributed by atoms with Gasteiger partial charge < -0.3 is 15.3 Å². The van der Waals surface area contributed by atoms with Crippen LogP contribution in [-0.2, 0) is 4.79 Å². The van der Waals surface area contributed by atoms with Crippen LogP contribution in [0.5, 0.6) is 0 Å². The Bertz CT molecular complexity index is 505. The van der Waals surface area contributed by atoms with Crippen molar-refractivity contribution in [2.45, 2.75) is 44.1 Å². The molecule has 1 aliphatic carbocycles. The van der Waals surface area contributed by atoms with Crippen molar-refractivity contribution < 1.29 is 9.90 Å². The Labute approximate surface area is 132 Å². The number of anilines is 1. The molecule has 0 aromatic heterocycles. The van der Waals surface area contributed by atoms with Crippen LogP contribution in [0.1, 0.15) is 38.5 Å². The maximum absolute atomic E-state index is 12.0. The second-order valence-corrected chi connectivity index (χ2v) is 6.76. The summed E-state index contributed by atoms with van der Waals surface area (Å²) in [7, 11) is 0. The predicted molar refractivity (Wildman–Crippen MR) is 87.7 cm³/mol. The van der Waals surface area contributed by atoms with E-state index < -0.39 is 5.60 Å². The third-order valence-corrected chi connectivity index (χ3v) is 5.22. The van der Waals surface area contributed by atoms with Crippen molar-refractivity contribution in [2.24, 2.45) is 5.92 Å². The summed E-state index contributed by atoms with van der Waals surface area (Å²) in [5, 5.41) is 13.6. The summed E-state index contributed by atoms with van der Waals surface area (Å²) in [5.41, 5.74) is 0.425. The minimum atomic E-state index is -0.430. The highest BCUT2D eigenvalue weighted by atomic mass is 16.3. The summed E-state index contributed by atoms with van der Waals surface area (Å²) >= 11 is 0. The van der Waals surface area contributed by atoms with Crippen molar-refractivity contribution in [1.29, 1.82) is 0 Å². The number of piperidine rings is 1. The standard InChI is InChI=1S/C18H26N2O2/c21-17(19-16-7-2-1-3-8-16)9-12-20-13-11-18(22)10-5-4-6-15(18)14-20/h1-3,7-8,15,22H,4-6,9-14H2,(H,19,21). The molecule has 4 nitrogen and oxygen atoms in total. The lowest BCUT2D eigenvalue weighted by Gasteiger charge is -2.47. The average molecular weight is 302 g/mol. The molecule has 2 unspecified atom stereocenters. The fourth-order valence-electron chi connectivity index (χ4n) is 3.85. The smallest absolute Gasteiger partial charge is 0.225 e. The van der Waals surface area contributed by atoms with Crippen LogP contribution in [0.15, 0.2) is 30.3 Å². The lowest BCUT2D eigenvalue weighted by molar-refractivity contribution is -0.117. The van der Waals surface area contributed by atoms with E-state index in [9.17, 15) is 9.90 Å². The Morgan fingerprint density at radius 3 is 2.91 bits per heavy atom. The molecule has 2 fully saturated rings. The van der Waals surface area contributed by atoms with Gasteiger partial charge >= 0.3 is 0 Å². The number of para-hydroxylation sites is 1. The molecule has 1 amide bonds. The largest absolute Gasteiger partial charge is 0.390 e. The van der Waals surface area contributed by atoms with Crippen molar-refractivity contribution in [3.05, 3.63) is 30.3 Å². The molecular weight excluding hydrogens is 276 g/mol. The van der Waals surface area contributed by atoms with Crippen LogP contribution in [0.4, 0.5) is 5.69 Å². The fraction of sp³-hybridized carbons (Fsp3) is 0.611. The molecule has 1 saturated carbocycles. The number of hydrogen-bond acceptors (Lipinski definition) is 3. The summed E-state index contributed by atoms with van der Waals surface area (Å²) < 4.78 is 0. The zero-order valence-corrected chi connectivity index (χ0v) is 13.1. The highest BCUT2D eigenvalue weighted by Crippen LogP contribution is 2.39. The summed E-state index contributed by atoms with van der Waals surface area (Å²) in [6.07, 6.45) is 5.85. The van der Waals surface area contributed by atoms with Gasteiger partial charge in [-0.1, -0.05) is 31.0 Å². The number of fused-ring (bicyclic) bond motifs is 1. The highest BCUT2D eigenvalue weighted by molar-refractivity contribution is 5.90. The van der Waals surface area contributed by atoms with Crippen LogP contribution in [0, 0.1) is 5.92 Å². The number of nitrogens with zero attached hydrogens (tertiary/aromatic N) is 1. The first-order valence-electron chi connectivity index (χ1n) is 8.45. The number of amides is 1. The Kier molecular flexibility index (Phi) is 4.79. The number of likely N-dealkylation sites (tertiary alicyclic amines) is 1. The van der Waals surface area contributed by atoms with E-state index in [-0.39, 0.29) is 5.91 Å². The number of rotatable bonds is 4. The van der Waals surface area contributed by atoms with E-state index in [1.54, 1.807) is 0 Å². The third kappa shape index (κ3) is 3.68. The van der Waals surface area contributed by atoms with Gasteiger partial charge in [-0.05, 0) is 31.4 Å². The molecular formula is C18H26N2O2. The van der Waals surface area contributed by atoms with Gasteiger partial charge in [-0.25, -0.2) is 0 Å². The molecule has 3 rings (SSSR count). The van der Waals surface area contributed by atoms with Gasteiger partial charge in [-0.3, -0.25) is 4.79 Å². The van der Waals surface area contributed by atoms with Crippen molar-refractivity contribution in [2.75, 3.05) is 25.0 Å². The molecule has 1 aliphatic heterocycles. The SMILES string of the molecule is O=C(CCN1CCC2(O)CCCCC2C1)Nc1ccccc1. The van der Waals surface area contributed by atoms with Crippen LogP contribution >= 0.6 is 0 Å². The van der Waals surface area contributed by atoms with Crippen molar-refractivity contribution in [3.8, 4) is 0 Å². The van der Waals surface area contributed by atoms with Gasteiger partial charge in [0.1, 0.15) is 0 Å². The first-order chi connectivity index (χ1) is 10.7. The lowest BCUT2D eigenvalue weighted by Crippen LogP contribution is -2.53. The number of aliphatic hydroxyl groups is 1. The molecule has 1 aromatic carbocycles. The fourth-order valence-corrected chi connectivity index (χ4v) is 3.85. The lowest BCUT2D eigenvalue weighted by atomic mass is 9.71.